The second-order valence-corrected chi connectivity index (χ2v) is 14.2. The molecule has 4 rings (SSSR count). The molecule has 0 spiro atoms. The fraction of sp³-hybridized carbons (Fsp3) is 0.897. The number of carbonyl (C=O) groups is 1. The molecule has 8 nitrogen and oxygen atoms in total. The monoisotopic (exact) mass is 650 g/mol. The molecule has 0 amide bonds. The molecule has 11 atom stereocenters. The zero-order valence-corrected chi connectivity index (χ0v) is 25.9. The zero-order valence-electron chi connectivity index (χ0n) is 23.8. The van der Waals surface area contributed by atoms with Crippen molar-refractivity contribution in [3.63, 3.8) is 0 Å². The van der Waals surface area contributed by atoms with Gasteiger partial charge in [-0.3, -0.25) is 0 Å². The largest absolute Gasteiger partial charge is 0.467 e. The van der Waals surface area contributed by atoms with Gasteiger partial charge in [-0.2, -0.15) is 0 Å². The Kier molecular flexibility index (Phi) is 9.60. The number of aliphatic hydroxyl groups is 2. The molecule has 0 aliphatic heterocycles. The van der Waals surface area contributed by atoms with E-state index in [4.69, 9.17) is 23.7 Å². The summed E-state index contributed by atoms with van der Waals surface area (Å²) in [5.41, 5.74) is -0.448. The van der Waals surface area contributed by atoms with Crippen molar-refractivity contribution in [3.8, 4) is 0 Å². The predicted molar refractivity (Wildman–Crippen MR) is 151 cm³/mol. The Bertz CT molecular complexity index is 879. The van der Waals surface area contributed by atoms with Crippen LogP contribution < -0.4 is 0 Å². The molecule has 0 heterocycles. The third kappa shape index (κ3) is 5.46. The summed E-state index contributed by atoms with van der Waals surface area (Å²) in [7, 11) is 4.59. The Morgan fingerprint density at radius 3 is 2.47 bits per heavy atom. The molecule has 9 heteroatoms. The highest BCUT2D eigenvalue weighted by Crippen LogP contribution is 2.68. The van der Waals surface area contributed by atoms with Crippen LogP contribution in [-0.4, -0.2) is 78.9 Å². The zero-order chi connectivity index (χ0) is 27.9. The molecule has 218 valence electrons. The van der Waals surface area contributed by atoms with Crippen LogP contribution in [0.1, 0.15) is 65.7 Å². The molecule has 0 aromatic carbocycles. The van der Waals surface area contributed by atoms with Crippen LogP contribution in [0.15, 0.2) is 11.6 Å². The van der Waals surface area contributed by atoms with Crippen LogP contribution in [0, 0.1) is 34.5 Å². The Labute approximate surface area is 241 Å². The van der Waals surface area contributed by atoms with Crippen molar-refractivity contribution in [2.45, 2.75) is 93.6 Å². The lowest BCUT2D eigenvalue weighted by molar-refractivity contribution is -0.209. The normalized spacial score (nSPS) is 42.8. The van der Waals surface area contributed by atoms with Crippen molar-refractivity contribution in [2.24, 2.45) is 34.5 Å². The highest BCUT2D eigenvalue weighted by Gasteiger charge is 2.64. The number of carbonyl (C=O) groups excluding carboxylic acids is 1. The predicted octanol–water partition coefficient (Wildman–Crippen LogP) is 4.24. The van der Waals surface area contributed by atoms with Crippen molar-refractivity contribution in [1.82, 2.24) is 0 Å². The number of hydrogen-bond acceptors (Lipinski definition) is 8. The van der Waals surface area contributed by atoms with E-state index in [-0.39, 0.29) is 46.1 Å². The van der Waals surface area contributed by atoms with Crippen LogP contribution in [0.25, 0.3) is 0 Å². The Balaban J connectivity index is 1.63. The van der Waals surface area contributed by atoms with E-state index >= 15 is 0 Å². The summed E-state index contributed by atoms with van der Waals surface area (Å²) in [5, 5.41) is 22.1. The van der Waals surface area contributed by atoms with Gasteiger partial charge in [-0.05, 0) is 85.5 Å². The first-order chi connectivity index (χ1) is 17.9. The standard InChI is InChI=1S/C29H47IO8/c1-27-9-7-18(37-15-34-4)11-17(27)12-22(38-16-35-5)24-19(27)8-10-28(2)23(13-20(30)25(24)28)29(3,33)14-21(31)26(32)36-6/h13,17-22,24-25,31,33H,7-12,14-16H2,1-6H3/t17-,18+,19?,20-,21+,22+,24?,25-,27-,28+,29-/m0/s1. The minimum absolute atomic E-state index is 0.0550. The van der Waals surface area contributed by atoms with Crippen molar-refractivity contribution in [1.29, 1.82) is 0 Å². The SMILES string of the molecule is COCO[C@@H]1CC[C@]2(C)C3CC[C@]4(C)C([C@@](C)(O)C[C@@H](O)C(=O)OC)=C[C@H](I)[C@H]4C3[C@H](OCOC)C[C@@H]2C1. The van der Waals surface area contributed by atoms with Gasteiger partial charge >= 0.3 is 5.97 Å². The number of halogens is 1. The number of allylic oxidation sites excluding steroid dienone is 1. The lowest BCUT2D eigenvalue weighted by Gasteiger charge is -2.63. The van der Waals surface area contributed by atoms with Crippen LogP contribution in [0.5, 0.6) is 0 Å². The maximum absolute atomic E-state index is 12.0. The molecule has 2 unspecified atom stereocenters. The van der Waals surface area contributed by atoms with Crippen molar-refractivity contribution < 1.29 is 38.7 Å². The molecule has 0 saturated heterocycles. The summed E-state index contributed by atoms with van der Waals surface area (Å²) >= 11 is 2.53. The van der Waals surface area contributed by atoms with Gasteiger partial charge in [-0.1, -0.05) is 42.5 Å². The first-order valence-corrected chi connectivity index (χ1v) is 15.2. The fourth-order valence-electron chi connectivity index (χ4n) is 8.90. The Hall–Kier alpha value is -0.300. The fourth-order valence-corrected chi connectivity index (χ4v) is 10.5. The molecule has 0 aromatic heterocycles. The highest BCUT2D eigenvalue weighted by molar-refractivity contribution is 14.1. The summed E-state index contributed by atoms with van der Waals surface area (Å²) < 4.78 is 28.0. The van der Waals surface area contributed by atoms with E-state index in [0.717, 1.165) is 44.1 Å². The van der Waals surface area contributed by atoms with Gasteiger partial charge in [0.25, 0.3) is 0 Å². The lowest BCUT2D eigenvalue weighted by Crippen LogP contribution is -2.60. The van der Waals surface area contributed by atoms with E-state index in [9.17, 15) is 15.0 Å². The van der Waals surface area contributed by atoms with E-state index in [0.29, 0.717) is 24.5 Å². The number of alkyl halides is 1. The molecular weight excluding hydrogens is 603 g/mol. The third-order valence-corrected chi connectivity index (χ3v) is 11.8. The van der Waals surface area contributed by atoms with Crippen molar-refractivity contribution in [3.05, 3.63) is 11.6 Å². The van der Waals surface area contributed by atoms with Gasteiger partial charge in [0.1, 0.15) is 13.6 Å². The van der Waals surface area contributed by atoms with Crippen LogP contribution in [0.4, 0.5) is 0 Å². The molecule has 3 saturated carbocycles. The van der Waals surface area contributed by atoms with Gasteiger partial charge in [0.05, 0.1) is 24.9 Å². The first kappa shape index (κ1) is 30.7. The molecular formula is C29H47IO8. The van der Waals surface area contributed by atoms with E-state index in [2.05, 4.69) is 42.5 Å². The third-order valence-electron chi connectivity index (χ3n) is 10.6. The Morgan fingerprint density at radius 2 is 1.82 bits per heavy atom. The van der Waals surface area contributed by atoms with E-state index in [1.54, 1.807) is 21.1 Å². The second-order valence-electron chi connectivity index (χ2n) is 12.7. The quantitative estimate of drug-likeness (QED) is 0.119. The number of ether oxygens (including phenoxy) is 5. The summed E-state index contributed by atoms with van der Waals surface area (Å²) in [5.74, 6) is 0.884. The molecule has 2 N–H and O–H groups in total. The van der Waals surface area contributed by atoms with Crippen LogP contribution in [-0.2, 0) is 28.5 Å². The molecule has 38 heavy (non-hydrogen) atoms. The number of hydrogen-bond donors (Lipinski definition) is 2. The van der Waals surface area contributed by atoms with Gasteiger partial charge < -0.3 is 33.9 Å². The smallest absolute Gasteiger partial charge is 0.334 e. The number of methoxy groups -OCH3 is 3. The van der Waals surface area contributed by atoms with Crippen molar-refractivity contribution >= 4 is 28.6 Å². The molecule has 0 aromatic rings. The topological polar surface area (TPSA) is 104 Å². The van der Waals surface area contributed by atoms with E-state index in [1.807, 2.05) is 0 Å². The van der Waals surface area contributed by atoms with E-state index < -0.39 is 17.7 Å². The van der Waals surface area contributed by atoms with Crippen LogP contribution >= 0.6 is 22.6 Å². The minimum Gasteiger partial charge on any atom is -0.467 e. The van der Waals surface area contributed by atoms with Crippen molar-refractivity contribution in [2.75, 3.05) is 34.9 Å². The lowest BCUT2D eigenvalue weighted by atomic mass is 9.43. The van der Waals surface area contributed by atoms with Gasteiger partial charge in [0.2, 0.25) is 0 Å². The Morgan fingerprint density at radius 1 is 1.13 bits per heavy atom. The molecule has 4 aliphatic carbocycles. The molecule has 0 bridgehead atoms. The molecule has 3 fully saturated rings. The van der Waals surface area contributed by atoms with Crippen LogP contribution in [0.2, 0.25) is 0 Å². The average Bonchev–Trinajstić information content (AvgIpc) is 3.16. The summed E-state index contributed by atoms with van der Waals surface area (Å²) in [6, 6.07) is 0. The van der Waals surface area contributed by atoms with Crippen LogP contribution in [0.3, 0.4) is 0 Å². The van der Waals surface area contributed by atoms with Gasteiger partial charge in [-0.15, -0.1) is 0 Å². The number of fused-ring (bicyclic) bond motifs is 5. The van der Waals surface area contributed by atoms with E-state index in [1.165, 1.54) is 7.11 Å². The minimum atomic E-state index is -1.37. The summed E-state index contributed by atoms with van der Waals surface area (Å²) in [6.45, 7) is 7.09. The number of rotatable bonds is 10. The average molecular weight is 651 g/mol. The van der Waals surface area contributed by atoms with Gasteiger partial charge in [0.15, 0.2) is 6.10 Å². The van der Waals surface area contributed by atoms with Gasteiger partial charge in [0, 0.05) is 24.6 Å². The number of esters is 1. The first-order valence-electron chi connectivity index (χ1n) is 14.0. The second kappa shape index (κ2) is 11.9. The summed E-state index contributed by atoms with van der Waals surface area (Å²) in [6.07, 6.45) is 7.19. The highest BCUT2D eigenvalue weighted by atomic mass is 127. The number of aliphatic hydroxyl groups excluding tert-OH is 1. The maximum atomic E-state index is 12.0. The molecule has 0 radical (unpaired) electrons. The summed E-state index contributed by atoms with van der Waals surface area (Å²) in [4.78, 5) is 12.0. The molecule has 4 aliphatic rings. The maximum Gasteiger partial charge on any atom is 0.334 e. The van der Waals surface area contributed by atoms with Gasteiger partial charge in [-0.25, -0.2) is 4.79 Å².